The van der Waals surface area contributed by atoms with Gasteiger partial charge in [0.25, 0.3) is 17.5 Å². The first-order valence-corrected chi connectivity index (χ1v) is 11.3. The van der Waals surface area contributed by atoms with Crippen LogP contribution >= 0.6 is 15.9 Å². The van der Waals surface area contributed by atoms with Crippen LogP contribution in [-0.2, 0) is 9.59 Å². The molecule has 0 atom stereocenters. The van der Waals surface area contributed by atoms with Gasteiger partial charge in [-0.1, -0.05) is 15.9 Å². The molecule has 1 heterocycles. The van der Waals surface area contributed by atoms with Crippen molar-refractivity contribution in [3.05, 3.63) is 96.5 Å². The Morgan fingerprint density at radius 3 is 2.24 bits per heavy atom. The average Bonchev–Trinajstić information content (AvgIpc) is 2.88. The molecule has 0 saturated carbocycles. The Labute approximate surface area is 221 Å². The molecule has 0 unspecified atom stereocenters. The average molecular weight is 583 g/mol. The molecular formula is C24H15BrN4O9. The first kappa shape index (κ1) is 26.0. The lowest BCUT2D eigenvalue weighted by molar-refractivity contribution is -0.394. The van der Waals surface area contributed by atoms with Crippen LogP contribution < -0.4 is 19.7 Å². The second kappa shape index (κ2) is 10.5. The lowest BCUT2D eigenvalue weighted by atomic mass is 10.1. The zero-order chi connectivity index (χ0) is 27.6. The van der Waals surface area contributed by atoms with Crippen molar-refractivity contribution in [3.8, 4) is 17.2 Å². The van der Waals surface area contributed by atoms with E-state index in [0.29, 0.717) is 10.2 Å². The van der Waals surface area contributed by atoms with Crippen LogP contribution in [0, 0.1) is 20.2 Å². The van der Waals surface area contributed by atoms with Crippen LogP contribution in [0.25, 0.3) is 6.08 Å². The molecule has 13 nitrogen and oxygen atoms in total. The van der Waals surface area contributed by atoms with Crippen LogP contribution in [-0.4, -0.2) is 34.8 Å². The molecular weight excluding hydrogens is 568 g/mol. The van der Waals surface area contributed by atoms with Gasteiger partial charge in [-0.05, 0) is 54.6 Å². The monoisotopic (exact) mass is 582 g/mol. The third-order valence-electron chi connectivity index (χ3n) is 5.27. The topological polar surface area (TPSA) is 171 Å². The zero-order valence-corrected chi connectivity index (χ0v) is 20.8. The summed E-state index contributed by atoms with van der Waals surface area (Å²) >= 11 is 3.28. The minimum Gasteiger partial charge on any atom is -0.497 e. The van der Waals surface area contributed by atoms with Gasteiger partial charge in [0.05, 0.1) is 28.7 Å². The Morgan fingerprint density at radius 2 is 1.61 bits per heavy atom. The van der Waals surface area contributed by atoms with Gasteiger partial charge >= 0.3 is 11.7 Å². The minimum atomic E-state index is -0.961. The van der Waals surface area contributed by atoms with Crippen molar-refractivity contribution in [3.63, 3.8) is 0 Å². The first-order valence-electron chi connectivity index (χ1n) is 10.5. The zero-order valence-electron chi connectivity index (χ0n) is 19.2. The fourth-order valence-corrected chi connectivity index (χ4v) is 3.85. The number of imide groups is 2. The number of hydrogen-bond donors (Lipinski definition) is 1. The van der Waals surface area contributed by atoms with E-state index in [0.717, 1.165) is 29.2 Å². The number of barbiturate groups is 1. The van der Waals surface area contributed by atoms with Crippen molar-refractivity contribution in [2.75, 3.05) is 12.0 Å². The molecule has 1 N–H and O–H groups in total. The second-order valence-corrected chi connectivity index (χ2v) is 8.52. The number of rotatable bonds is 7. The number of methoxy groups -OCH3 is 1. The number of nitrogens with zero attached hydrogens (tertiary/aromatic N) is 3. The lowest BCUT2D eigenvalue weighted by Gasteiger charge is -2.26. The van der Waals surface area contributed by atoms with Gasteiger partial charge in [0.1, 0.15) is 17.1 Å². The molecule has 1 aliphatic rings. The number of hydrogen-bond acceptors (Lipinski definition) is 9. The summed E-state index contributed by atoms with van der Waals surface area (Å²) in [5.41, 5.74) is -1.26. The number of non-ortho nitro benzene ring substituents is 1. The highest BCUT2D eigenvalue weighted by atomic mass is 79.9. The maximum absolute atomic E-state index is 13.2. The molecule has 0 radical (unpaired) electrons. The SMILES string of the molecule is COc1ccc(N2C(=O)NC(=O)/C(=C\c3cc(Br)ccc3Oc3ccc([N+](=O)[O-])cc3[N+](=O)[O-])C2=O)cc1. The number of nitro groups is 2. The molecule has 1 saturated heterocycles. The number of halogens is 1. The predicted octanol–water partition coefficient (Wildman–Crippen LogP) is 4.73. The number of benzene rings is 3. The van der Waals surface area contributed by atoms with E-state index in [9.17, 15) is 34.6 Å². The maximum Gasteiger partial charge on any atom is 0.335 e. The minimum absolute atomic E-state index is 0.00819. The number of ether oxygens (including phenoxy) is 2. The molecule has 0 bridgehead atoms. The predicted molar refractivity (Wildman–Crippen MR) is 136 cm³/mol. The quantitative estimate of drug-likeness (QED) is 0.179. The second-order valence-electron chi connectivity index (χ2n) is 7.61. The first-order chi connectivity index (χ1) is 18.1. The Bertz CT molecular complexity index is 1540. The smallest absolute Gasteiger partial charge is 0.335 e. The highest BCUT2D eigenvalue weighted by Crippen LogP contribution is 2.37. The molecule has 3 aromatic rings. The summed E-state index contributed by atoms with van der Waals surface area (Å²) in [6, 6.07) is 12.3. The normalized spacial score (nSPS) is 14.3. The largest absolute Gasteiger partial charge is 0.497 e. The number of nitro benzene ring substituents is 2. The fraction of sp³-hybridized carbons (Fsp3) is 0.0417. The van der Waals surface area contributed by atoms with E-state index in [1.54, 1.807) is 6.07 Å². The molecule has 3 aromatic carbocycles. The molecule has 1 fully saturated rings. The van der Waals surface area contributed by atoms with E-state index < -0.39 is 44.6 Å². The van der Waals surface area contributed by atoms with Crippen LogP contribution in [0.1, 0.15) is 5.56 Å². The number of nitrogens with one attached hydrogen (secondary N) is 1. The van der Waals surface area contributed by atoms with E-state index in [-0.39, 0.29) is 22.7 Å². The van der Waals surface area contributed by atoms with Crippen molar-refractivity contribution >= 4 is 56.9 Å². The van der Waals surface area contributed by atoms with Gasteiger partial charge in [0.15, 0.2) is 0 Å². The molecule has 4 amide bonds. The van der Waals surface area contributed by atoms with Crippen molar-refractivity contribution < 1.29 is 33.7 Å². The summed E-state index contributed by atoms with van der Waals surface area (Å²) in [6.07, 6.45) is 1.16. The van der Waals surface area contributed by atoms with Gasteiger partial charge in [-0.2, -0.15) is 0 Å². The number of anilines is 1. The van der Waals surface area contributed by atoms with Gasteiger partial charge in [0.2, 0.25) is 5.75 Å². The van der Waals surface area contributed by atoms with E-state index in [1.807, 2.05) is 0 Å². The molecule has 14 heteroatoms. The van der Waals surface area contributed by atoms with E-state index in [1.165, 1.54) is 43.5 Å². The maximum atomic E-state index is 13.2. The molecule has 192 valence electrons. The Balaban J connectivity index is 1.75. The van der Waals surface area contributed by atoms with E-state index in [4.69, 9.17) is 9.47 Å². The van der Waals surface area contributed by atoms with Gasteiger partial charge in [-0.15, -0.1) is 0 Å². The third kappa shape index (κ3) is 5.19. The summed E-state index contributed by atoms with van der Waals surface area (Å²) in [6.45, 7) is 0. The summed E-state index contributed by atoms with van der Waals surface area (Å²) in [5, 5.41) is 24.6. The van der Waals surface area contributed by atoms with Crippen molar-refractivity contribution in [2.24, 2.45) is 0 Å². The van der Waals surface area contributed by atoms with Crippen LogP contribution in [0.5, 0.6) is 17.2 Å². The standard InChI is InChI=1S/C24H15BrN4O9/c1-37-17-6-3-15(4-7-17)27-23(31)18(22(30)26-24(27)32)11-13-10-14(25)2-8-20(13)38-21-9-5-16(28(33)34)12-19(21)29(35)36/h2-12H,1H3,(H,26,30,32)/b18-11+. The van der Waals surface area contributed by atoms with Crippen LogP contribution in [0.4, 0.5) is 21.9 Å². The lowest BCUT2D eigenvalue weighted by Crippen LogP contribution is -2.54. The Morgan fingerprint density at radius 1 is 0.921 bits per heavy atom. The summed E-state index contributed by atoms with van der Waals surface area (Å²) in [4.78, 5) is 60.0. The fourth-order valence-electron chi connectivity index (χ4n) is 3.47. The Kier molecular flexibility index (Phi) is 7.16. The molecule has 1 aliphatic heterocycles. The molecule has 38 heavy (non-hydrogen) atoms. The van der Waals surface area contributed by atoms with Crippen molar-refractivity contribution in [1.82, 2.24) is 5.32 Å². The summed E-state index contributed by atoms with van der Waals surface area (Å²) < 4.78 is 11.3. The molecule has 0 spiro atoms. The summed E-state index contributed by atoms with van der Waals surface area (Å²) in [7, 11) is 1.45. The van der Waals surface area contributed by atoms with Gasteiger partial charge in [-0.25, -0.2) is 9.69 Å². The molecule has 0 aromatic heterocycles. The summed E-state index contributed by atoms with van der Waals surface area (Å²) in [5.74, 6) is -1.71. The molecule has 0 aliphatic carbocycles. The van der Waals surface area contributed by atoms with E-state index >= 15 is 0 Å². The van der Waals surface area contributed by atoms with Crippen molar-refractivity contribution in [1.29, 1.82) is 0 Å². The highest BCUT2D eigenvalue weighted by molar-refractivity contribution is 9.10. The van der Waals surface area contributed by atoms with Crippen LogP contribution in [0.3, 0.4) is 0 Å². The Hall–Kier alpha value is -5.11. The number of carbonyl (C=O) groups excluding carboxylic acids is 3. The van der Waals surface area contributed by atoms with Crippen LogP contribution in [0.15, 0.2) is 70.7 Å². The third-order valence-corrected chi connectivity index (χ3v) is 5.77. The molecule has 4 rings (SSSR count). The van der Waals surface area contributed by atoms with Gasteiger partial charge < -0.3 is 9.47 Å². The number of carbonyl (C=O) groups is 3. The van der Waals surface area contributed by atoms with Crippen LogP contribution in [0.2, 0.25) is 0 Å². The van der Waals surface area contributed by atoms with E-state index in [2.05, 4.69) is 21.2 Å². The van der Waals surface area contributed by atoms with Gasteiger partial charge in [-0.3, -0.25) is 35.1 Å². The van der Waals surface area contributed by atoms with Gasteiger partial charge in [0, 0.05) is 16.1 Å². The van der Waals surface area contributed by atoms with Crippen molar-refractivity contribution in [2.45, 2.75) is 0 Å². The number of amides is 4. The highest BCUT2D eigenvalue weighted by Gasteiger charge is 2.37. The number of urea groups is 1.